The molecule has 4 bridgehead atoms. The molecule has 0 radical (unpaired) electrons. The van der Waals surface area contributed by atoms with E-state index in [-0.39, 0.29) is 23.9 Å². The van der Waals surface area contributed by atoms with E-state index in [1.165, 1.54) is 49.0 Å². The lowest BCUT2D eigenvalue weighted by Gasteiger charge is -2.57. The van der Waals surface area contributed by atoms with Gasteiger partial charge in [-0.3, -0.25) is 13.9 Å². The van der Waals surface area contributed by atoms with Crippen molar-refractivity contribution in [2.24, 2.45) is 17.8 Å². The number of rotatable bonds is 10. The van der Waals surface area contributed by atoms with Crippen LogP contribution in [0, 0.1) is 17.8 Å². The van der Waals surface area contributed by atoms with Crippen LogP contribution in [-0.4, -0.2) is 50.0 Å². The molecule has 0 aliphatic heterocycles. The Morgan fingerprint density at radius 2 is 1.51 bits per heavy atom. The molecule has 0 aromatic heterocycles. The van der Waals surface area contributed by atoms with Crippen LogP contribution in [0.5, 0.6) is 0 Å². The molecular formula is C32H42ClN3O4S. The summed E-state index contributed by atoms with van der Waals surface area (Å²) in [7, 11) is -3.79. The van der Waals surface area contributed by atoms with Crippen molar-refractivity contribution in [2.75, 3.05) is 17.1 Å². The number of carbonyl (C=O) groups excluding carboxylic acids is 2. The molecule has 2 amide bonds. The van der Waals surface area contributed by atoms with Gasteiger partial charge in [-0.25, -0.2) is 8.42 Å². The average Bonchev–Trinajstić information content (AvgIpc) is 2.89. The number of sulfonamides is 1. The monoisotopic (exact) mass is 599 g/mol. The van der Waals surface area contributed by atoms with E-state index in [0.717, 1.165) is 28.3 Å². The normalized spacial score (nSPS) is 25.7. The highest BCUT2D eigenvalue weighted by Crippen LogP contribution is 2.60. The number of nitrogens with zero attached hydrogens (tertiary/aromatic N) is 2. The van der Waals surface area contributed by atoms with Crippen LogP contribution in [0.25, 0.3) is 0 Å². The van der Waals surface area contributed by atoms with Gasteiger partial charge in [0.2, 0.25) is 21.8 Å². The first-order valence-electron chi connectivity index (χ1n) is 14.8. The Morgan fingerprint density at radius 1 is 0.951 bits per heavy atom. The fourth-order valence-corrected chi connectivity index (χ4v) is 8.90. The Kier molecular flexibility index (Phi) is 8.46. The third-order valence-corrected chi connectivity index (χ3v) is 10.9. The van der Waals surface area contributed by atoms with Crippen molar-refractivity contribution < 1.29 is 18.0 Å². The number of benzene rings is 2. The zero-order valence-corrected chi connectivity index (χ0v) is 26.0. The number of anilines is 1. The second-order valence-corrected chi connectivity index (χ2v) is 15.3. The van der Waals surface area contributed by atoms with Gasteiger partial charge in [0.05, 0.1) is 11.9 Å². The number of halogens is 1. The first-order valence-corrected chi connectivity index (χ1v) is 17.0. The maximum absolute atomic E-state index is 13.8. The second kappa shape index (κ2) is 11.6. The zero-order valence-electron chi connectivity index (χ0n) is 24.5. The SMILES string of the molecule is CC(C)NC(=O)[C@H](C)N(Cc1ccccc1Cl)C(=O)CN(c1ccc(C23CC4CC(CC(C4)C2)C3)cc1)S(C)(=O)=O. The maximum Gasteiger partial charge on any atom is 0.244 e. The smallest absolute Gasteiger partial charge is 0.244 e. The Labute approximate surface area is 249 Å². The molecule has 1 N–H and O–H groups in total. The van der Waals surface area contributed by atoms with Crippen LogP contribution in [0.15, 0.2) is 48.5 Å². The molecule has 222 valence electrons. The van der Waals surface area contributed by atoms with Gasteiger partial charge in [0.15, 0.2) is 0 Å². The van der Waals surface area contributed by atoms with Gasteiger partial charge in [-0.05, 0) is 112 Å². The summed E-state index contributed by atoms with van der Waals surface area (Å²) >= 11 is 6.40. The maximum atomic E-state index is 13.8. The summed E-state index contributed by atoms with van der Waals surface area (Å²) in [5.74, 6) is 1.64. The minimum atomic E-state index is -3.79. The molecule has 7 nitrogen and oxygen atoms in total. The fraction of sp³-hybridized carbons (Fsp3) is 0.562. The largest absolute Gasteiger partial charge is 0.352 e. The van der Waals surface area contributed by atoms with Crippen molar-refractivity contribution in [1.82, 2.24) is 10.2 Å². The van der Waals surface area contributed by atoms with E-state index < -0.39 is 28.5 Å². The van der Waals surface area contributed by atoms with Crippen LogP contribution in [0.3, 0.4) is 0 Å². The van der Waals surface area contributed by atoms with E-state index in [9.17, 15) is 18.0 Å². The minimum Gasteiger partial charge on any atom is -0.352 e. The van der Waals surface area contributed by atoms with Gasteiger partial charge < -0.3 is 10.2 Å². The lowest BCUT2D eigenvalue weighted by atomic mass is 9.48. The van der Waals surface area contributed by atoms with Gasteiger partial charge in [-0.2, -0.15) is 0 Å². The third-order valence-electron chi connectivity index (χ3n) is 9.38. The molecule has 4 aliphatic carbocycles. The summed E-state index contributed by atoms with van der Waals surface area (Å²) in [6.45, 7) is 5.01. The molecule has 0 saturated heterocycles. The van der Waals surface area contributed by atoms with Crippen LogP contribution in [0.1, 0.15) is 70.4 Å². The molecule has 6 rings (SSSR count). The Hall–Kier alpha value is -2.58. The van der Waals surface area contributed by atoms with Gasteiger partial charge in [0.1, 0.15) is 12.6 Å². The average molecular weight is 600 g/mol. The number of nitrogens with one attached hydrogen (secondary N) is 1. The van der Waals surface area contributed by atoms with Crippen LogP contribution < -0.4 is 9.62 Å². The molecule has 4 saturated carbocycles. The quantitative estimate of drug-likeness (QED) is 0.390. The van der Waals surface area contributed by atoms with Crippen LogP contribution >= 0.6 is 11.6 Å². The van der Waals surface area contributed by atoms with Gasteiger partial charge >= 0.3 is 0 Å². The third kappa shape index (κ3) is 6.43. The second-order valence-electron chi connectivity index (χ2n) is 13.0. The summed E-state index contributed by atoms with van der Waals surface area (Å²) in [4.78, 5) is 28.2. The van der Waals surface area contributed by atoms with Gasteiger partial charge in [-0.1, -0.05) is 41.9 Å². The van der Waals surface area contributed by atoms with E-state index in [0.29, 0.717) is 16.3 Å². The minimum absolute atomic E-state index is 0.0771. The molecule has 0 heterocycles. The van der Waals surface area contributed by atoms with Crippen molar-refractivity contribution >= 4 is 39.1 Å². The number of hydrogen-bond acceptors (Lipinski definition) is 4. The van der Waals surface area contributed by atoms with Gasteiger partial charge in [0, 0.05) is 17.6 Å². The van der Waals surface area contributed by atoms with E-state index in [4.69, 9.17) is 11.6 Å². The summed E-state index contributed by atoms with van der Waals surface area (Å²) in [5, 5.41) is 3.33. The van der Waals surface area contributed by atoms with Gasteiger partial charge in [0.25, 0.3) is 0 Å². The van der Waals surface area contributed by atoms with E-state index >= 15 is 0 Å². The topological polar surface area (TPSA) is 86.8 Å². The van der Waals surface area contributed by atoms with Crippen molar-refractivity contribution in [3.05, 3.63) is 64.7 Å². The Bertz CT molecular complexity index is 1360. The molecular weight excluding hydrogens is 558 g/mol. The van der Waals surface area contributed by atoms with Crippen molar-refractivity contribution in [2.45, 2.75) is 83.3 Å². The van der Waals surface area contributed by atoms with E-state index in [1.807, 2.05) is 32.0 Å². The first-order chi connectivity index (χ1) is 19.3. The predicted octanol–water partition coefficient (Wildman–Crippen LogP) is 5.52. The summed E-state index contributed by atoms with van der Waals surface area (Å²) in [6.07, 6.45) is 8.86. The summed E-state index contributed by atoms with van der Waals surface area (Å²) < 4.78 is 27.2. The molecule has 4 aliphatic rings. The number of amides is 2. The zero-order chi connectivity index (χ0) is 29.5. The molecule has 0 unspecified atom stereocenters. The Balaban J connectivity index is 1.39. The van der Waals surface area contributed by atoms with Gasteiger partial charge in [-0.15, -0.1) is 0 Å². The molecule has 41 heavy (non-hydrogen) atoms. The molecule has 9 heteroatoms. The lowest BCUT2D eigenvalue weighted by molar-refractivity contribution is -0.139. The molecule has 2 aromatic rings. The highest BCUT2D eigenvalue weighted by Gasteiger charge is 2.51. The van der Waals surface area contributed by atoms with Crippen molar-refractivity contribution in [3.8, 4) is 0 Å². The number of carbonyl (C=O) groups is 2. The highest BCUT2D eigenvalue weighted by molar-refractivity contribution is 7.92. The number of hydrogen-bond donors (Lipinski definition) is 1. The molecule has 0 spiro atoms. The summed E-state index contributed by atoms with van der Waals surface area (Å²) in [6, 6.07) is 14.0. The molecule has 2 aromatic carbocycles. The molecule has 4 fully saturated rings. The van der Waals surface area contributed by atoms with Crippen molar-refractivity contribution in [3.63, 3.8) is 0 Å². The Morgan fingerprint density at radius 3 is 2.02 bits per heavy atom. The van der Waals surface area contributed by atoms with Crippen LogP contribution in [0.4, 0.5) is 5.69 Å². The first kappa shape index (κ1) is 29.9. The summed E-state index contributed by atoms with van der Waals surface area (Å²) in [5.41, 5.74) is 2.62. The predicted molar refractivity (Wildman–Crippen MR) is 163 cm³/mol. The lowest BCUT2D eigenvalue weighted by Crippen LogP contribution is -2.52. The standard InChI is InChI=1S/C32H42ClN3O4S/c1-21(2)34-31(38)22(3)35(19-26-7-5-6-8-29(26)33)30(37)20-36(41(4,39)40)28-11-9-27(10-12-28)32-16-23-13-24(17-32)15-25(14-23)18-32/h5-12,21-25H,13-20H2,1-4H3,(H,34,38)/t22-,23?,24?,25?,32?/m0/s1. The van der Waals surface area contributed by atoms with Crippen molar-refractivity contribution in [1.29, 1.82) is 0 Å². The van der Waals surface area contributed by atoms with Crippen LogP contribution in [-0.2, 0) is 31.6 Å². The van der Waals surface area contributed by atoms with E-state index in [1.54, 1.807) is 25.1 Å². The highest BCUT2D eigenvalue weighted by atomic mass is 35.5. The fourth-order valence-electron chi connectivity index (χ4n) is 7.86. The van der Waals surface area contributed by atoms with Crippen LogP contribution in [0.2, 0.25) is 5.02 Å². The molecule has 1 atom stereocenters. The van der Waals surface area contributed by atoms with E-state index in [2.05, 4.69) is 17.4 Å².